The third-order valence-corrected chi connectivity index (χ3v) is 3.69. The summed E-state index contributed by atoms with van der Waals surface area (Å²) in [5, 5.41) is 18.8. The minimum Gasteiger partial charge on any atom is -0.508 e. The minimum absolute atomic E-state index is 0.322. The highest BCUT2D eigenvalue weighted by molar-refractivity contribution is 5.44. The first-order valence-electron chi connectivity index (χ1n) is 8.71. The predicted molar refractivity (Wildman–Crippen MR) is 108 cm³/mol. The Morgan fingerprint density at radius 1 is 0.615 bits per heavy atom. The van der Waals surface area contributed by atoms with E-state index in [1.807, 2.05) is 32.3 Å². The number of phenols is 2. The second-order valence-corrected chi connectivity index (χ2v) is 7.25. The highest BCUT2D eigenvalue weighted by Gasteiger charge is 2.15. The lowest BCUT2D eigenvalue weighted by atomic mass is 9.98. The van der Waals surface area contributed by atoms with Crippen LogP contribution in [0.2, 0.25) is 0 Å². The summed E-state index contributed by atoms with van der Waals surface area (Å²) < 4.78 is 0. The Bertz CT molecular complexity index is 656. The van der Waals surface area contributed by atoms with Crippen molar-refractivity contribution in [3.63, 3.8) is 0 Å². The third kappa shape index (κ3) is 7.87. The van der Waals surface area contributed by atoms with Crippen LogP contribution >= 0.6 is 0 Å². The molecule has 0 radical (unpaired) electrons. The molecule has 5 heteroatoms. The van der Waals surface area contributed by atoms with Gasteiger partial charge in [-0.3, -0.25) is 0 Å². The Balaban J connectivity index is 0.000000401. The Kier molecular flexibility index (Phi) is 9.13. The maximum atomic E-state index is 10.2. The van der Waals surface area contributed by atoms with Crippen LogP contribution in [0.25, 0.3) is 0 Å². The number of aromatic hydroxyl groups is 2. The van der Waals surface area contributed by atoms with E-state index in [2.05, 4.69) is 42.9 Å². The lowest BCUT2D eigenvalue weighted by molar-refractivity contribution is 0.359. The molecule has 0 aliphatic rings. The van der Waals surface area contributed by atoms with Crippen LogP contribution in [0.4, 0.5) is 0 Å². The van der Waals surface area contributed by atoms with Crippen LogP contribution < -0.4 is 0 Å². The molecule has 0 unspecified atom stereocenters. The average Bonchev–Trinajstić information content (AvgIpc) is 2.54. The molecule has 0 spiro atoms. The summed E-state index contributed by atoms with van der Waals surface area (Å²) in [5.41, 5.74) is 3.57. The molecule has 5 nitrogen and oxygen atoms in total. The Morgan fingerprint density at radius 2 is 1.12 bits per heavy atom. The number of benzene rings is 2. The molecule has 0 saturated heterocycles. The Morgan fingerprint density at radius 3 is 1.54 bits per heavy atom. The maximum absolute atomic E-state index is 10.2. The molecule has 0 aliphatic carbocycles. The summed E-state index contributed by atoms with van der Waals surface area (Å²) in [6, 6.07) is 12.6. The van der Waals surface area contributed by atoms with Crippen molar-refractivity contribution in [3.8, 4) is 11.5 Å². The largest absolute Gasteiger partial charge is 0.508 e. The van der Waals surface area contributed by atoms with Crippen molar-refractivity contribution in [1.29, 1.82) is 0 Å². The van der Waals surface area contributed by atoms with Crippen molar-refractivity contribution in [2.24, 2.45) is 0 Å². The van der Waals surface area contributed by atoms with Crippen LogP contribution in [0.15, 0.2) is 42.5 Å². The first kappa shape index (κ1) is 22.0. The number of phenolic OH excluding ortho intramolecular Hbond substituents is 2. The van der Waals surface area contributed by atoms with E-state index in [0.29, 0.717) is 11.5 Å². The third-order valence-electron chi connectivity index (χ3n) is 3.69. The smallest absolute Gasteiger partial charge is 0.120 e. The number of nitrogens with zero attached hydrogens (tertiary/aromatic N) is 3. The number of para-hydroxylation sites is 1. The van der Waals surface area contributed by atoms with Gasteiger partial charge in [0.15, 0.2) is 0 Å². The fourth-order valence-electron chi connectivity index (χ4n) is 2.65. The van der Waals surface area contributed by atoms with Gasteiger partial charge in [0.1, 0.15) is 11.5 Å². The van der Waals surface area contributed by atoms with E-state index in [1.54, 1.807) is 24.3 Å². The lowest BCUT2D eigenvalue weighted by Crippen LogP contribution is -2.20. The van der Waals surface area contributed by atoms with E-state index >= 15 is 0 Å². The highest BCUT2D eigenvalue weighted by Crippen LogP contribution is 2.27. The summed E-state index contributed by atoms with van der Waals surface area (Å²) in [5.74, 6) is 0.718. The van der Waals surface area contributed by atoms with Crippen molar-refractivity contribution < 1.29 is 10.2 Å². The van der Waals surface area contributed by atoms with Gasteiger partial charge in [-0.1, -0.05) is 24.3 Å². The Labute approximate surface area is 158 Å². The Hall–Kier alpha value is -2.08. The molecular formula is C21H33N3O2. The quantitative estimate of drug-likeness (QED) is 0.830. The van der Waals surface area contributed by atoms with Crippen molar-refractivity contribution in [3.05, 3.63) is 59.2 Å². The lowest BCUT2D eigenvalue weighted by Gasteiger charge is -2.23. The normalized spacial score (nSPS) is 11.0. The van der Waals surface area contributed by atoms with Crippen LogP contribution in [0, 0.1) is 0 Å². The standard InChI is InChI=1S/C15H27N3O.C6H6O/c1-16(2)9-12-7-8-15(19)14(11-18(5)6)13(12)10-17(3)4;7-6-4-2-1-3-5-6/h7-8,19H,9-11H2,1-6H3;1-5,7H. The molecule has 2 rings (SSSR count). The van der Waals surface area contributed by atoms with Gasteiger partial charge in [0.25, 0.3) is 0 Å². The van der Waals surface area contributed by atoms with E-state index in [-0.39, 0.29) is 0 Å². The summed E-state index contributed by atoms with van der Waals surface area (Å²) in [7, 11) is 12.3. The van der Waals surface area contributed by atoms with E-state index in [9.17, 15) is 5.11 Å². The second kappa shape index (κ2) is 10.8. The fraction of sp³-hybridized carbons (Fsp3) is 0.429. The van der Waals surface area contributed by atoms with Crippen molar-refractivity contribution in [2.75, 3.05) is 42.3 Å². The second-order valence-electron chi connectivity index (χ2n) is 7.25. The van der Waals surface area contributed by atoms with Crippen LogP contribution in [-0.2, 0) is 19.6 Å². The zero-order valence-corrected chi connectivity index (χ0v) is 16.9. The van der Waals surface area contributed by atoms with Gasteiger partial charge >= 0.3 is 0 Å². The summed E-state index contributed by atoms with van der Waals surface area (Å²) in [4.78, 5) is 6.39. The van der Waals surface area contributed by atoms with Crippen LogP contribution in [-0.4, -0.2) is 67.2 Å². The van der Waals surface area contributed by atoms with Crippen LogP contribution in [0.1, 0.15) is 16.7 Å². The summed E-state index contributed by atoms with van der Waals surface area (Å²) in [6.07, 6.45) is 0. The number of rotatable bonds is 6. The van der Waals surface area contributed by atoms with Gasteiger partial charge in [-0.05, 0) is 71.6 Å². The molecule has 0 amide bonds. The van der Waals surface area contributed by atoms with E-state index in [0.717, 1.165) is 25.2 Å². The molecular weight excluding hydrogens is 326 g/mol. The fourth-order valence-corrected chi connectivity index (χ4v) is 2.65. The van der Waals surface area contributed by atoms with Crippen molar-refractivity contribution >= 4 is 0 Å². The molecule has 2 N–H and O–H groups in total. The molecule has 2 aromatic rings. The maximum Gasteiger partial charge on any atom is 0.120 e. The zero-order valence-electron chi connectivity index (χ0n) is 16.9. The average molecular weight is 360 g/mol. The van der Waals surface area contributed by atoms with Crippen LogP contribution in [0.5, 0.6) is 11.5 Å². The van der Waals surface area contributed by atoms with Gasteiger partial charge < -0.3 is 24.9 Å². The van der Waals surface area contributed by atoms with Gasteiger partial charge in [0.05, 0.1) is 0 Å². The molecule has 0 fully saturated rings. The molecule has 0 aromatic heterocycles. The van der Waals surface area contributed by atoms with Gasteiger partial charge in [-0.2, -0.15) is 0 Å². The van der Waals surface area contributed by atoms with E-state index in [4.69, 9.17) is 5.11 Å². The molecule has 26 heavy (non-hydrogen) atoms. The topological polar surface area (TPSA) is 50.2 Å². The summed E-state index contributed by atoms with van der Waals surface area (Å²) >= 11 is 0. The first-order chi connectivity index (χ1) is 12.2. The molecule has 0 saturated carbocycles. The monoisotopic (exact) mass is 359 g/mol. The van der Waals surface area contributed by atoms with E-state index in [1.165, 1.54) is 11.1 Å². The minimum atomic E-state index is 0.322. The number of hydrogen-bond acceptors (Lipinski definition) is 5. The van der Waals surface area contributed by atoms with Gasteiger partial charge in [0.2, 0.25) is 0 Å². The molecule has 144 valence electrons. The summed E-state index contributed by atoms with van der Waals surface area (Å²) in [6.45, 7) is 2.50. The highest BCUT2D eigenvalue weighted by atomic mass is 16.3. The molecule has 0 bridgehead atoms. The molecule has 2 aromatic carbocycles. The van der Waals surface area contributed by atoms with Gasteiger partial charge in [-0.15, -0.1) is 0 Å². The van der Waals surface area contributed by atoms with E-state index < -0.39 is 0 Å². The van der Waals surface area contributed by atoms with Crippen molar-refractivity contribution in [1.82, 2.24) is 14.7 Å². The first-order valence-corrected chi connectivity index (χ1v) is 8.71. The van der Waals surface area contributed by atoms with Crippen molar-refractivity contribution in [2.45, 2.75) is 19.6 Å². The molecule has 0 atom stereocenters. The van der Waals surface area contributed by atoms with Gasteiger partial charge in [0, 0.05) is 25.2 Å². The molecule has 0 heterocycles. The van der Waals surface area contributed by atoms with Gasteiger partial charge in [-0.25, -0.2) is 0 Å². The zero-order chi connectivity index (χ0) is 19.7. The SMILES string of the molecule is CN(C)Cc1ccc(O)c(CN(C)C)c1CN(C)C.Oc1ccccc1. The molecule has 0 aliphatic heterocycles. The number of hydrogen-bond donors (Lipinski definition) is 2. The van der Waals surface area contributed by atoms with Crippen LogP contribution in [0.3, 0.4) is 0 Å². The predicted octanol–water partition coefficient (Wildman–Crippen LogP) is 2.97.